The van der Waals surface area contributed by atoms with Crippen molar-refractivity contribution in [2.75, 3.05) is 36.4 Å². The van der Waals surface area contributed by atoms with Crippen molar-refractivity contribution in [3.63, 3.8) is 0 Å². The van der Waals surface area contributed by atoms with Gasteiger partial charge in [-0.1, -0.05) is 23.7 Å². The first-order valence-corrected chi connectivity index (χ1v) is 12.3. The lowest BCUT2D eigenvalue weighted by molar-refractivity contribution is -0.116. The van der Waals surface area contributed by atoms with Gasteiger partial charge in [-0.05, 0) is 81.1 Å². The topological polar surface area (TPSA) is 61.4 Å². The Labute approximate surface area is 200 Å². The van der Waals surface area contributed by atoms with Gasteiger partial charge in [0.15, 0.2) is 0 Å². The Kier molecular flexibility index (Phi) is 6.74. The maximum Gasteiger partial charge on any atom is 0.225 e. The van der Waals surface area contributed by atoms with Crippen molar-refractivity contribution in [2.24, 2.45) is 0 Å². The molecule has 0 atom stereocenters. The zero-order chi connectivity index (χ0) is 22.6. The van der Waals surface area contributed by atoms with E-state index in [0.29, 0.717) is 17.9 Å². The zero-order valence-electron chi connectivity index (χ0n) is 18.8. The highest BCUT2D eigenvalue weighted by Gasteiger charge is 2.27. The number of anilines is 2. The fraction of sp³-hybridized carbons (Fsp3) is 0.423. The first-order valence-electron chi connectivity index (χ1n) is 11.9. The number of nitrogens with zero attached hydrogens (tertiary/aromatic N) is 4. The molecule has 0 radical (unpaired) electrons. The van der Waals surface area contributed by atoms with Crippen molar-refractivity contribution < 1.29 is 4.79 Å². The standard InChI is InChI=1S/C26H30ClN5O/c27-21-6-3-19(4-7-21)5-10-25(33)29-22-8-9-24-20(17-22)18-28-26(30-24)32-15-11-23(12-16-32)31-13-1-2-14-31/h3-4,6-9,17-18,23H,1-2,5,10-16H2,(H,29,33). The molecule has 2 fully saturated rings. The second-order valence-electron chi connectivity index (χ2n) is 9.08. The number of rotatable bonds is 6. The van der Waals surface area contributed by atoms with E-state index in [1.165, 1.54) is 38.8 Å². The Bertz CT molecular complexity index is 1110. The van der Waals surface area contributed by atoms with E-state index in [0.717, 1.165) is 47.2 Å². The van der Waals surface area contributed by atoms with Crippen LogP contribution in [0.5, 0.6) is 0 Å². The molecule has 172 valence electrons. The zero-order valence-corrected chi connectivity index (χ0v) is 19.6. The predicted molar refractivity (Wildman–Crippen MR) is 134 cm³/mol. The SMILES string of the molecule is O=C(CCc1ccc(Cl)cc1)Nc1ccc2nc(N3CCC(N4CCCC4)CC3)ncc2c1. The minimum absolute atomic E-state index is 0.0114. The first kappa shape index (κ1) is 22.1. The van der Waals surface area contributed by atoms with Gasteiger partial charge in [0, 0.05) is 47.8 Å². The summed E-state index contributed by atoms with van der Waals surface area (Å²) in [6.07, 6.45) is 8.02. The average Bonchev–Trinajstić information content (AvgIpc) is 3.39. The number of amides is 1. The molecular weight excluding hydrogens is 434 g/mol. The second kappa shape index (κ2) is 10.1. The molecule has 1 N–H and O–H groups in total. The highest BCUT2D eigenvalue weighted by Crippen LogP contribution is 2.25. The van der Waals surface area contributed by atoms with Crippen molar-refractivity contribution in [2.45, 2.75) is 44.6 Å². The lowest BCUT2D eigenvalue weighted by atomic mass is 10.0. The first-order chi connectivity index (χ1) is 16.1. The summed E-state index contributed by atoms with van der Waals surface area (Å²) >= 11 is 5.92. The number of aryl methyl sites for hydroxylation is 1. The van der Waals surface area contributed by atoms with Gasteiger partial charge in [0.05, 0.1) is 5.52 Å². The van der Waals surface area contributed by atoms with E-state index in [1.807, 2.05) is 48.7 Å². The van der Waals surface area contributed by atoms with E-state index < -0.39 is 0 Å². The molecule has 3 heterocycles. The van der Waals surface area contributed by atoms with Crippen molar-refractivity contribution in [3.05, 3.63) is 59.2 Å². The van der Waals surface area contributed by atoms with E-state index in [-0.39, 0.29) is 5.91 Å². The maximum atomic E-state index is 12.4. The van der Waals surface area contributed by atoms with Gasteiger partial charge in [-0.2, -0.15) is 0 Å². The molecule has 7 heteroatoms. The van der Waals surface area contributed by atoms with Gasteiger partial charge < -0.3 is 15.1 Å². The summed E-state index contributed by atoms with van der Waals surface area (Å²) in [4.78, 5) is 26.8. The number of nitrogens with one attached hydrogen (secondary N) is 1. The number of halogens is 1. The van der Waals surface area contributed by atoms with Gasteiger partial charge in [-0.15, -0.1) is 0 Å². The van der Waals surface area contributed by atoms with Crippen LogP contribution in [0.2, 0.25) is 5.02 Å². The predicted octanol–water partition coefficient (Wildman–Crippen LogP) is 4.92. The third-order valence-corrected chi connectivity index (χ3v) is 7.06. The number of likely N-dealkylation sites (tertiary alicyclic amines) is 1. The average molecular weight is 464 g/mol. The fourth-order valence-electron chi connectivity index (χ4n) is 4.92. The van der Waals surface area contributed by atoms with E-state index in [2.05, 4.69) is 20.1 Å². The molecule has 1 aromatic heterocycles. The van der Waals surface area contributed by atoms with Crippen molar-refractivity contribution >= 4 is 40.0 Å². The van der Waals surface area contributed by atoms with Gasteiger partial charge in [0.1, 0.15) is 0 Å². The third kappa shape index (κ3) is 5.45. The molecule has 0 saturated carbocycles. The number of carbonyl (C=O) groups excluding carboxylic acids is 1. The molecule has 1 amide bonds. The molecule has 0 aliphatic carbocycles. The summed E-state index contributed by atoms with van der Waals surface area (Å²) in [5.74, 6) is 0.796. The molecule has 6 nitrogen and oxygen atoms in total. The van der Waals surface area contributed by atoms with Gasteiger partial charge >= 0.3 is 0 Å². The van der Waals surface area contributed by atoms with Gasteiger partial charge in [0.25, 0.3) is 0 Å². The van der Waals surface area contributed by atoms with E-state index >= 15 is 0 Å². The minimum atomic E-state index is -0.0114. The molecule has 5 rings (SSSR count). The van der Waals surface area contributed by atoms with Crippen LogP contribution in [0.4, 0.5) is 11.6 Å². The number of aromatic nitrogens is 2. The number of fused-ring (bicyclic) bond motifs is 1. The van der Waals surface area contributed by atoms with Crippen LogP contribution in [-0.2, 0) is 11.2 Å². The summed E-state index contributed by atoms with van der Waals surface area (Å²) < 4.78 is 0. The van der Waals surface area contributed by atoms with Crippen LogP contribution in [0, 0.1) is 0 Å². The quantitative estimate of drug-likeness (QED) is 0.562. The maximum absolute atomic E-state index is 12.4. The molecule has 33 heavy (non-hydrogen) atoms. The lowest BCUT2D eigenvalue weighted by Crippen LogP contribution is -2.44. The lowest BCUT2D eigenvalue weighted by Gasteiger charge is -2.36. The summed E-state index contributed by atoms with van der Waals surface area (Å²) in [6, 6.07) is 14.1. The number of benzene rings is 2. The van der Waals surface area contributed by atoms with Crippen LogP contribution in [0.25, 0.3) is 10.9 Å². The largest absolute Gasteiger partial charge is 0.341 e. The van der Waals surface area contributed by atoms with Crippen LogP contribution in [0.1, 0.15) is 37.7 Å². The molecule has 0 bridgehead atoms. The Hall–Kier alpha value is -2.70. The molecule has 2 aromatic carbocycles. The van der Waals surface area contributed by atoms with E-state index in [1.54, 1.807) is 0 Å². The fourth-order valence-corrected chi connectivity index (χ4v) is 5.05. The Balaban J connectivity index is 1.17. The van der Waals surface area contributed by atoms with Crippen LogP contribution >= 0.6 is 11.6 Å². The number of carbonyl (C=O) groups is 1. The van der Waals surface area contributed by atoms with Gasteiger partial charge in [0.2, 0.25) is 11.9 Å². The Morgan fingerprint density at radius 1 is 1.03 bits per heavy atom. The molecule has 3 aromatic rings. The molecule has 2 aliphatic heterocycles. The molecule has 2 aliphatic rings. The van der Waals surface area contributed by atoms with Crippen LogP contribution < -0.4 is 10.2 Å². The van der Waals surface area contributed by atoms with Crippen molar-refractivity contribution in [1.29, 1.82) is 0 Å². The van der Waals surface area contributed by atoms with Crippen LogP contribution in [-0.4, -0.2) is 53.0 Å². The van der Waals surface area contributed by atoms with Gasteiger partial charge in [-0.3, -0.25) is 4.79 Å². The summed E-state index contributed by atoms with van der Waals surface area (Å²) in [5.41, 5.74) is 2.77. The monoisotopic (exact) mass is 463 g/mol. The number of hydrogen-bond donors (Lipinski definition) is 1. The molecular formula is C26H30ClN5O. The number of piperidine rings is 1. The van der Waals surface area contributed by atoms with E-state index in [9.17, 15) is 4.79 Å². The second-order valence-corrected chi connectivity index (χ2v) is 9.52. The smallest absolute Gasteiger partial charge is 0.225 e. The number of hydrogen-bond acceptors (Lipinski definition) is 5. The highest BCUT2D eigenvalue weighted by molar-refractivity contribution is 6.30. The van der Waals surface area contributed by atoms with Crippen molar-refractivity contribution in [1.82, 2.24) is 14.9 Å². The minimum Gasteiger partial charge on any atom is -0.341 e. The van der Waals surface area contributed by atoms with Crippen LogP contribution in [0.3, 0.4) is 0 Å². The molecule has 2 saturated heterocycles. The van der Waals surface area contributed by atoms with Crippen molar-refractivity contribution in [3.8, 4) is 0 Å². The summed E-state index contributed by atoms with van der Waals surface area (Å²) in [5, 5.41) is 4.63. The normalized spacial score (nSPS) is 17.5. The Morgan fingerprint density at radius 2 is 1.79 bits per heavy atom. The van der Waals surface area contributed by atoms with E-state index in [4.69, 9.17) is 16.6 Å². The summed E-state index contributed by atoms with van der Waals surface area (Å²) in [6.45, 7) is 4.54. The van der Waals surface area contributed by atoms with Crippen LogP contribution in [0.15, 0.2) is 48.7 Å². The van der Waals surface area contributed by atoms with Gasteiger partial charge in [-0.25, -0.2) is 9.97 Å². The Morgan fingerprint density at radius 3 is 2.55 bits per heavy atom. The molecule has 0 unspecified atom stereocenters. The highest BCUT2D eigenvalue weighted by atomic mass is 35.5. The summed E-state index contributed by atoms with van der Waals surface area (Å²) in [7, 11) is 0. The third-order valence-electron chi connectivity index (χ3n) is 6.81. The molecule has 0 spiro atoms.